The number of nitrogens with one attached hydrogen (secondary N) is 2. The minimum absolute atomic E-state index is 0.0502. The number of carbonyl (C=O) groups excluding carboxylic acids is 1. The number of para-hydroxylation sites is 1. The Labute approximate surface area is 140 Å². The van der Waals surface area contributed by atoms with Crippen molar-refractivity contribution in [1.29, 1.82) is 0 Å². The van der Waals surface area contributed by atoms with E-state index in [1.165, 1.54) is 12.1 Å². The van der Waals surface area contributed by atoms with Crippen LogP contribution in [-0.4, -0.2) is 20.9 Å². The Balaban J connectivity index is 2.36. The van der Waals surface area contributed by atoms with E-state index in [0.717, 1.165) is 0 Å². The molecular weight excluding hydrogens is 336 g/mol. The predicted octanol–water partition coefficient (Wildman–Crippen LogP) is 3.20. The van der Waals surface area contributed by atoms with E-state index in [1.54, 1.807) is 44.2 Å². The number of amides is 1. The lowest BCUT2D eigenvalue weighted by atomic mass is 10.1. The molecule has 0 aromatic heterocycles. The molecule has 0 saturated carbocycles. The van der Waals surface area contributed by atoms with Crippen molar-refractivity contribution in [2.75, 3.05) is 11.9 Å². The molecule has 0 spiro atoms. The van der Waals surface area contributed by atoms with Crippen molar-refractivity contribution in [2.45, 2.75) is 18.7 Å². The van der Waals surface area contributed by atoms with Gasteiger partial charge < -0.3 is 5.32 Å². The number of hydrogen-bond acceptors (Lipinski definition) is 3. The van der Waals surface area contributed by atoms with Gasteiger partial charge >= 0.3 is 0 Å². The maximum atomic E-state index is 12.4. The number of hydrogen-bond donors (Lipinski definition) is 2. The molecule has 0 aliphatic heterocycles. The fraction of sp³-hybridized carbons (Fsp3) is 0.188. The largest absolute Gasteiger partial charge is 0.321 e. The first-order valence-corrected chi connectivity index (χ1v) is 8.87. The summed E-state index contributed by atoms with van der Waals surface area (Å²) >= 11 is 6.02. The Morgan fingerprint density at radius 3 is 2.52 bits per heavy atom. The zero-order chi connectivity index (χ0) is 17.0. The highest BCUT2D eigenvalue weighted by molar-refractivity contribution is 7.89. The molecule has 5 nitrogen and oxygen atoms in total. The van der Waals surface area contributed by atoms with Gasteiger partial charge in [-0.05, 0) is 36.8 Å². The van der Waals surface area contributed by atoms with Crippen LogP contribution in [0.3, 0.4) is 0 Å². The summed E-state index contributed by atoms with van der Waals surface area (Å²) in [5, 5.41) is 3.10. The number of carbonyl (C=O) groups is 1. The highest BCUT2D eigenvalue weighted by Gasteiger charge is 2.17. The van der Waals surface area contributed by atoms with Crippen LogP contribution < -0.4 is 10.0 Å². The van der Waals surface area contributed by atoms with Crippen molar-refractivity contribution in [1.82, 2.24) is 4.72 Å². The van der Waals surface area contributed by atoms with Crippen LogP contribution in [-0.2, 0) is 10.0 Å². The lowest BCUT2D eigenvalue weighted by Gasteiger charge is -2.11. The number of anilines is 1. The second-order valence-corrected chi connectivity index (χ2v) is 7.09. The minimum Gasteiger partial charge on any atom is -0.321 e. The standard InChI is InChI=1S/C16H17ClN2O3S/c1-3-18-23(21,22)12-9-8-11(2)13(10-12)16(20)19-15-7-5-4-6-14(15)17/h4-10,18H,3H2,1-2H3,(H,19,20). The van der Waals surface area contributed by atoms with Crippen molar-refractivity contribution in [2.24, 2.45) is 0 Å². The minimum atomic E-state index is -3.62. The van der Waals surface area contributed by atoms with Crippen LogP contribution >= 0.6 is 11.6 Å². The predicted molar refractivity (Wildman–Crippen MR) is 91.4 cm³/mol. The van der Waals surface area contributed by atoms with Gasteiger partial charge in [-0.2, -0.15) is 0 Å². The van der Waals surface area contributed by atoms with E-state index in [0.29, 0.717) is 16.3 Å². The average Bonchev–Trinajstić information content (AvgIpc) is 2.49. The summed E-state index contributed by atoms with van der Waals surface area (Å²) < 4.78 is 26.5. The molecule has 2 rings (SSSR count). The van der Waals surface area contributed by atoms with Crippen LogP contribution in [0.15, 0.2) is 47.4 Å². The van der Waals surface area contributed by atoms with E-state index < -0.39 is 15.9 Å². The quantitative estimate of drug-likeness (QED) is 0.867. The first kappa shape index (κ1) is 17.5. The van der Waals surface area contributed by atoms with Crippen molar-refractivity contribution in [3.63, 3.8) is 0 Å². The van der Waals surface area contributed by atoms with Crippen molar-refractivity contribution in [3.8, 4) is 0 Å². The van der Waals surface area contributed by atoms with Gasteiger partial charge in [0.1, 0.15) is 0 Å². The van der Waals surface area contributed by atoms with Gasteiger partial charge in [0, 0.05) is 12.1 Å². The molecular formula is C16H17ClN2O3S. The first-order valence-electron chi connectivity index (χ1n) is 7.01. The van der Waals surface area contributed by atoms with Gasteiger partial charge in [-0.1, -0.05) is 36.7 Å². The van der Waals surface area contributed by atoms with Gasteiger partial charge in [-0.3, -0.25) is 4.79 Å². The molecule has 0 bridgehead atoms. The smallest absolute Gasteiger partial charge is 0.256 e. The Bertz CT molecular complexity index is 835. The normalized spacial score (nSPS) is 11.3. The van der Waals surface area contributed by atoms with E-state index in [1.807, 2.05) is 0 Å². The molecule has 0 unspecified atom stereocenters. The third kappa shape index (κ3) is 4.10. The summed E-state index contributed by atoms with van der Waals surface area (Å²) in [5.41, 5.74) is 1.42. The van der Waals surface area contributed by atoms with Crippen LogP contribution in [0.2, 0.25) is 5.02 Å². The lowest BCUT2D eigenvalue weighted by Crippen LogP contribution is -2.24. The molecule has 2 aromatic rings. The summed E-state index contributed by atoms with van der Waals surface area (Å²) in [5.74, 6) is -0.413. The second kappa shape index (κ2) is 7.12. The fourth-order valence-electron chi connectivity index (χ4n) is 2.04. The van der Waals surface area contributed by atoms with Crippen molar-refractivity contribution in [3.05, 3.63) is 58.6 Å². The topological polar surface area (TPSA) is 75.3 Å². The average molecular weight is 353 g/mol. The van der Waals surface area contributed by atoms with Gasteiger partial charge in [0.25, 0.3) is 5.91 Å². The van der Waals surface area contributed by atoms with Gasteiger partial charge in [0.2, 0.25) is 10.0 Å². The van der Waals surface area contributed by atoms with Crippen LogP contribution in [0.5, 0.6) is 0 Å². The first-order chi connectivity index (χ1) is 10.8. The van der Waals surface area contributed by atoms with Crippen LogP contribution in [0, 0.1) is 6.92 Å². The molecule has 2 N–H and O–H groups in total. The molecule has 0 heterocycles. The zero-order valence-corrected chi connectivity index (χ0v) is 14.3. The summed E-state index contributed by atoms with van der Waals surface area (Å²) in [6, 6.07) is 11.3. The molecule has 7 heteroatoms. The van der Waals surface area contributed by atoms with Crippen molar-refractivity contribution < 1.29 is 13.2 Å². The fourth-order valence-corrected chi connectivity index (χ4v) is 3.29. The Morgan fingerprint density at radius 1 is 1.17 bits per heavy atom. The van der Waals surface area contributed by atoms with Gasteiger partial charge in [0.15, 0.2) is 0 Å². The van der Waals surface area contributed by atoms with E-state index >= 15 is 0 Å². The third-order valence-corrected chi connectivity index (χ3v) is 5.09. The zero-order valence-electron chi connectivity index (χ0n) is 12.8. The number of sulfonamides is 1. The molecule has 1 amide bonds. The van der Waals surface area contributed by atoms with E-state index in [2.05, 4.69) is 10.0 Å². The highest BCUT2D eigenvalue weighted by atomic mass is 35.5. The Hall–Kier alpha value is -1.89. The third-order valence-electron chi connectivity index (χ3n) is 3.22. The second-order valence-electron chi connectivity index (χ2n) is 4.91. The lowest BCUT2D eigenvalue weighted by molar-refractivity contribution is 0.102. The number of rotatable bonds is 5. The Kier molecular flexibility index (Phi) is 5.41. The molecule has 0 saturated heterocycles. The van der Waals surface area contributed by atoms with Crippen LogP contribution in [0.1, 0.15) is 22.8 Å². The monoisotopic (exact) mass is 352 g/mol. The molecule has 0 fully saturated rings. The summed E-state index contributed by atoms with van der Waals surface area (Å²) in [6.45, 7) is 3.71. The molecule has 23 heavy (non-hydrogen) atoms. The Morgan fingerprint density at radius 2 is 1.87 bits per heavy atom. The number of aryl methyl sites for hydroxylation is 1. The summed E-state index contributed by atoms with van der Waals surface area (Å²) in [6.07, 6.45) is 0. The van der Waals surface area contributed by atoms with Gasteiger partial charge in [-0.25, -0.2) is 13.1 Å². The molecule has 0 aliphatic rings. The maximum Gasteiger partial charge on any atom is 0.256 e. The highest BCUT2D eigenvalue weighted by Crippen LogP contribution is 2.22. The molecule has 2 aromatic carbocycles. The molecule has 0 radical (unpaired) electrons. The number of halogens is 1. The summed E-state index contributed by atoms with van der Waals surface area (Å²) in [4.78, 5) is 12.5. The SMILES string of the molecule is CCNS(=O)(=O)c1ccc(C)c(C(=O)Nc2ccccc2Cl)c1. The maximum absolute atomic E-state index is 12.4. The molecule has 0 atom stereocenters. The van der Waals surface area contributed by atoms with E-state index in [-0.39, 0.29) is 17.0 Å². The summed E-state index contributed by atoms with van der Waals surface area (Å²) in [7, 11) is -3.62. The van der Waals surface area contributed by atoms with Gasteiger partial charge in [0.05, 0.1) is 15.6 Å². The van der Waals surface area contributed by atoms with E-state index in [4.69, 9.17) is 11.6 Å². The van der Waals surface area contributed by atoms with Gasteiger partial charge in [-0.15, -0.1) is 0 Å². The number of benzene rings is 2. The van der Waals surface area contributed by atoms with Crippen LogP contribution in [0.4, 0.5) is 5.69 Å². The molecule has 122 valence electrons. The van der Waals surface area contributed by atoms with E-state index in [9.17, 15) is 13.2 Å². The molecule has 0 aliphatic carbocycles. The van der Waals surface area contributed by atoms with Crippen LogP contribution in [0.25, 0.3) is 0 Å². The van der Waals surface area contributed by atoms with Crippen molar-refractivity contribution >= 4 is 33.2 Å².